The maximum absolute atomic E-state index is 12.4. The van der Waals surface area contributed by atoms with E-state index in [1.54, 1.807) is 0 Å². The van der Waals surface area contributed by atoms with Crippen molar-refractivity contribution in [3.63, 3.8) is 0 Å². The molecule has 2 rings (SSSR count). The molecule has 122 valence electrons. The lowest BCUT2D eigenvalue weighted by Gasteiger charge is -2.42. The fourth-order valence-corrected chi connectivity index (χ4v) is 3.47. The largest absolute Gasteiger partial charge is 0.396 e. The van der Waals surface area contributed by atoms with E-state index in [9.17, 15) is 4.79 Å². The fraction of sp³-hybridized carbons (Fsp3) is 0.938. The van der Waals surface area contributed by atoms with Crippen LogP contribution in [0.2, 0.25) is 0 Å². The third-order valence-corrected chi connectivity index (χ3v) is 4.72. The van der Waals surface area contributed by atoms with Gasteiger partial charge in [-0.15, -0.1) is 0 Å². The Morgan fingerprint density at radius 1 is 1.33 bits per heavy atom. The zero-order valence-corrected chi connectivity index (χ0v) is 13.3. The number of ether oxygens (including phenoxy) is 1. The van der Waals surface area contributed by atoms with Crippen LogP contribution in [0.1, 0.15) is 58.3 Å². The number of aliphatic hydroxyl groups is 1. The second-order valence-corrected chi connectivity index (χ2v) is 6.58. The number of amides is 2. The van der Waals surface area contributed by atoms with E-state index in [1.165, 1.54) is 25.7 Å². The van der Waals surface area contributed by atoms with Crippen molar-refractivity contribution in [3.8, 4) is 0 Å². The highest BCUT2D eigenvalue weighted by atomic mass is 16.5. The van der Waals surface area contributed by atoms with Gasteiger partial charge >= 0.3 is 6.03 Å². The van der Waals surface area contributed by atoms with Crippen LogP contribution in [0.3, 0.4) is 0 Å². The van der Waals surface area contributed by atoms with Gasteiger partial charge in [0.05, 0.1) is 18.8 Å². The van der Waals surface area contributed by atoms with Crippen molar-refractivity contribution in [1.29, 1.82) is 0 Å². The van der Waals surface area contributed by atoms with Crippen molar-refractivity contribution < 1.29 is 14.6 Å². The maximum atomic E-state index is 12.4. The van der Waals surface area contributed by atoms with E-state index in [1.807, 2.05) is 11.8 Å². The molecule has 5 nitrogen and oxygen atoms in total. The number of hydrogen-bond acceptors (Lipinski definition) is 3. The summed E-state index contributed by atoms with van der Waals surface area (Å²) in [5, 5.41) is 11.9. The number of morpholine rings is 1. The Balaban J connectivity index is 1.86. The van der Waals surface area contributed by atoms with Crippen LogP contribution < -0.4 is 5.32 Å². The van der Waals surface area contributed by atoms with E-state index in [0.29, 0.717) is 13.2 Å². The third-order valence-electron chi connectivity index (χ3n) is 4.72. The smallest absolute Gasteiger partial charge is 0.317 e. The summed E-state index contributed by atoms with van der Waals surface area (Å²) >= 11 is 0. The highest BCUT2D eigenvalue weighted by Crippen LogP contribution is 2.33. The van der Waals surface area contributed by atoms with Crippen LogP contribution >= 0.6 is 0 Å². The summed E-state index contributed by atoms with van der Waals surface area (Å²) in [4.78, 5) is 14.3. The summed E-state index contributed by atoms with van der Waals surface area (Å²) < 4.78 is 6.08. The molecule has 1 saturated carbocycles. The van der Waals surface area contributed by atoms with Crippen molar-refractivity contribution in [2.45, 2.75) is 69.9 Å². The minimum absolute atomic E-state index is 0.0207. The van der Waals surface area contributed by atoms with Gasteiger partial charge in [0.25, 0.3) is 0 Å². The van der Waals surface area contributed by atoms with Gasteiger partial charge in [-0.1, -0.05) is 25.7 Å². The Morgan fingerprint density at radius 3 is 2.71 bits per heavy atom. The van der Waals surface area contributed by atoms with Crippen LogP contribution in [0.4, 0.5) is 4.79 Å². The van der Waals surface area contributed by atoms with Gasteiger partial charge in [0.2, 0.25) is 0 Å². The van der Waals surface area contributed by atoms with E-state index in [0.717, 1.165) is 32.2 Å². The van der Waals surface area contributed by atoms with Crippen molar-refractivity contribution in [1.82, 2.24) is 10.2 Å². The van der Waals surface area contributed by atoms with E-state index >= 15 is 0 Å². The second-order valence-electron chi connectivity index (χ2n) is 6.58. The number of nitrogens with one attached hydrogen (secondary N) is 1. The summed E-state index contributed by atoms with van der Waals surface area (Å²) in [7, 11) is 0. The molecule has 0 aromatic carbocycles. The number of rotatable bonds is 4. The van der Waals surface area contributed by atoms with Gasteiger partial charge in [0.15, 0.2) is 0 Å². The van der Waals surface area contributed by atoms with Crippen molar-refractivity contribution >= 4 is 6.03 Å². The molecule has 0 radical (unpaired) electrons. The van der Waals surface area contributed by atoms with E-state index in [2.05, 4.69) is 5.32 Å². The molecule has 2 amide bonds. The van der Waals surface area contributed by atoms with Crippen molar-refractivity contribution in [3.05, 3.63) is 0 Å². The summed E-state index contributed by atoms with van der Waals surface area (Å²) in [6, 6.07) is 0.130. The van der Waals surface area contributed by atoms with Crippen LogP contribution in [-0.4, -0.2) is 54.0 Å². The fourth-order valence-electron chi connectivity index (χ4n) is 3.47. The van der Waals surface area contributed by atoms with Gasteiger partial charge in [0.1, 0.15) is 0 Å². The molecule has 0 bridgehead atoms. The first kappa shape index (κ1) is 16.6. The highest BCUT2D eigenvalue weighted by Gasteiger charge is 2.38. The molecule has 2 fully saturated rings. The van der Waals surface area contributed by atoms with Crippen LogP contribution in [-0.2, 0) is 4.74 Å². The molecule has 0 aromatic heterocycles. The van der Waals surface area contributed by atoms with Gasteiger partial charge in [0, 0.05) is 19.2 Å². The van der Waals surface area contributed by atoms with Gasteiger partial charge in [-0.25, -0.2) is 4.79 Å². The first-order chi connectivity index (χ1) is 10.2. The molecular weight excluding hydrogens is 268 g/mol. The number of hydrogen-bond donors (Lipinski definition) is 2. The molecule has 2 N–H and O–H groups in total. The Hall–Kier alpha value is -0.810. The normalized spacial score (nSPS) is 23.6. The van der Waals surface area contributed by atoms with Crippen LogP contribution in [0.5, 0.6) is 0 Å². The molecule has 1 aliphatic carbocycles. The molecule has 1 saturated heterocycles. The first-order valence-electron chi connectivity index (χ1n) is 8.45. The molecule has 1 unspecified atom stereocenters. The van der Waals surface area contributed by atoms with E-state index in [4.69, 9.17) is 9.84 Å². The monoisotopic (exact) mass is 298 g/mol. The number of carbonyl (C=O) groups excluding carboxylic acids is 1. The molecule has 5 heteroatoms. The summed E-state index contributed by atoms with van der Waals surface area (Å²) in [6.45, 7) is 4.24. The zero-order valence-electron chi connectivity index (χ0n) is 13.3. The zero-order chi connectivity index (χ0) is 15.1. The highest BCUT2D eigenvalue weighted by molar-refractivity contribution is 5.74. The Morgan fingerprint density at radius 2 is 2.05 bits per heavy atom. The standard InChI is InChI=1S/C16H30N2O3/c1-14(7-6-11-19)17-15(20)18-10-12-21-16(13-18)8-4-2-3-5-9-16/h14,19H,2-13H2,1H3,(H,17,20). The average molecular weight is 298 g/mol. The molecule has 1 atom stereocenters. The lowest BCUT2D eigenvalue weighted by Crippen LogP contribution is -2.56. The molecule has 1 aliphatic heterocycles. The summed E-state index contributed by atoms with van der Waals surface area (Å²) in [6.07, 6.45) is 8.70. The molecule has 0 aromatic rings. The quantitative estimate of drug-likeness (QED) is 0.837. The van der Waals surface area contributed by atoms with E-state index in [-0.39, 0.29) is 24.3 Å². The lowest BCUT2D eigenvalue weighted by molar-refractivity contribution is -0.105. The van der Waals surface area contributed by atoms with E-state index < -0.39 is 0 Å². The average Bonchev–Trinajstić information content (AvgIpc) is 2.71. The Kier molecular flexibility index (Phi) is 6.30. The van der Waals surface area contributed by atoms with Gasteiger partial charge in [-0.2, -0.15) is 0 Å². The summed E-state index contributed by atoms with van der Waals surface area (Å²) in [5.41, 5.74) is -0.0968. The SMILES string of the molecule is CC(CCCO)NC(=O)N1CCOC2(CCCCCC2)C1. The van der Waals surface area contributed by atoms with Crippen LogP contribution in [0.25, 0.3) is 0 Å². The van der Waals surface area contributed by atoms with Gasteiger partial charge < -0.3 is 20.1 Å². The lowest BCUT2D eigenvalue weighted by atomic mass is 9.92. The predicted octanol–water partition coefficient (Wildman–Crippen LogP) is 2.28. The molecule has 2 aliphatic rings. The van der Waals surface area contributed by atoms with Crippen LogP contribution in [0.15, 0.2) is 0 Å². The minimum Gasteiger partial charge on any atom is -0.396 e. The number of aliphatic hydroxyl groups excluding tert-OH is 1. The predicted molar refractivity (Wildman–Crippen MR) is 82.3 cm³/mol. The van der Waals surface area contributed by atoms with Gasteiger partial charge in [-0.3, -0.25) is 0 Å². The molecule has 1 spiro atoms. The molecular formula is C16H30N2O3. The second kappa shape index (κ2) is 7.99. The van der Waals surface area contributed by atoms with Crippen molar-refractivity contribution in [2.75, 3.05) is 26.3 Å². The topological polar surface area (TPSA) is 61.8 Å². The van der Waals surface area contributed by atoms with Crippen molar-refractivity contribution in [2.24, 2.45) is 0 Å². The Labute approximate surface area is 128 Å². The molecule has 1 heterocycles. The Bertz CT molecular complexity index is 327. The number of carbonyl (C=O) groups is 1. The minimum atomic E-state index is -0.0968. The number of urea groups is 1. The third kappa shape index (κ3) is 4.85. The maximum Gasteiger partial charge on any atom is 0.317 e. The number of nitrogens with zero attached hydrogens (tertiary/aromatic N) is 1. The summed E-state index contributed by atoms with van der Waals surface area (Å²) in [5.74, 6) is 0. The first-order valence-corrected chi connectivity index (χ1v) is 8.45. The van der Waals surface area contributed by atoms with Gasteiger partial charge in [-0.05, 0) is 32.6 Å². The van der Waals surface area contributed by atoms with Crippen LogP contribution in [0, 0.1) is 0 Å². The molecule has 21 heavy (non-hydrogen) atoms.